The molecular formula is C23H19N5O3. The molecule has 1 aliphatic rings. The zero-order chi connectivity index (χ0) is 21.0. The SMILES string of the molecule is O=C(N/N=C\c1cn(-c2ccccc2)nc1-c1ccc2c(c1)OCCO2)c1ccc[nH]1. The van der Waals surface area contributed by atoms with Crippen molar-refractivity contribution in [1.82, 2.24) is 20.2 Å². The Bertz CT molecular complexity index is 1230. The summed E-state index contributed by atoms with van der Waals surface area (Å²) in [5.41, 5.74) is 6.18. The van der Waals surface area contributed by atoms with Crippen LogP contribution < -0.4 is 14.9 Å². The number of aromatic amines is 1. The summed E-state index contributed by atoms with van der Waals surface area (Å²) in [6.07, 6.45) is 5.13. The molecule has 8 heteroatoms. The Morgan fingerprint density at radius 2 is 1.90 bits per heavy atom. The lowest BCUT2D eigenvalue weighted by molar-refractivity contribution is 0.0951. The fraction of sp³-hybridized carbons (Fsp3) is 0.0870. The van der Waals surface area contributed by atoms with Crippen LogP contribution in [-0.2, 0) is 0 Å². The highest BCUT2D eigenvalue weighted by molar-refractivity contribution is 5.94. The monoisotopic (exact) mass is 413 g/mol. The van der Waals surface area contributed by atoms with Gasteiger partial charge in [-0.3, -0.25) is 4.79 Å². The van der Waals surface area contributed by atoms with Crippen LogP contribution in [-0.4, -0.2) is 40.1 Å². The first kappa shape index (κ1) is 18.7. The zero-order valence-corrected chi connectivity index (χ0v) is 16.5. The second kappa shape index (κ2) is 8.19. The summed E-state index contributed by atoms with van der Waals surface area (Å²) in [5, 5.41) is 8.88. The summed E-state index contributed by atoms with van der Waals surface area (Å²) in [5.74, 6) is 1.07. The van der Waals surface area contributed by atoms with Gasteiger partial charge in [0.05, 0.1) is 11.9 Å². The molecule has 0 bridgehead atoms. The lowest BCUT2D eigenvalue weighted by Crippen LogP contribution is -2.17. The van der Waals surface area contributed by atoms with Crippen LogP contribution in [0.3, 0.4) is 0 Å². The van der Waals surface area contributed by atoms with E-state index in [2.05, 4.69) is 15.5 Å². The van der Waals surface area contributed by atoms with E-state index < -0.39 is 0 Å². The van der Waals surface area contributed by atoms with E-state index in [0.29, 0.717) is 36.1 Å². The van der Waals surface area contributed by atoms with E-state index in [1.165, 1.54) is 0 Å². The second-order valence-corrected chi connectivity index (χ2v) is 6.85. The van der Waals surface area contributed by atoms with Gasteiger partial charge in [0.2, 0.25) is 0 Å². The number of amides is 1. The number of H-pyrrole nitrogens is 1. The predicted molar refractivity (Wildman–Crippen MR) is 116 cm³/mol. The number of carbonyl (C=O) groups is 1. The van der Waals surface area contributed by atoms with Crippen molar-refractivity contribution < 1.29 is 14.3 Å². The van der Waals surface area contributed by atoms with Crippen molar-refractivity contribution in [2.24, 2.45) is 5.10 Å². The Labute approximate surface area is 178 Å². The third kappa shape index (κ3) is 3.91. The van der Waals surface area contributed by atoms with Crippen LogP contribution >= 0.6 is 0 Å². The molecule has 31 heavy (non-hydrogen) atoms. The molecule has 0 unspecified atom stereocenters. The number of hydrogen-bond acceptors (Lipinski definition) is 5. The summed E-state index contributed by atoms with van der Waals surface area (Å²) < 4.78 is 13.1. The van der Waals surface area contributed by atoms with Crippen LogP contribution in [0.2, 0.25) is 0 Å². The number of benzene rings is 2. The molecule has 0 fully saturated rings. The number of hydrogen-bond donors (Lipinski definition) is 2. The Kier molecular flexibility index (Phi) is 4.94. The molecule has 0 spiro atoms. The standard InChI is InChI=1S/C23H19N5O3/c29-23(19-7-4-10-24-19)26-25-14-17-15-28(18-5-2-1-3-6-18)27-22(17)16-8-9-20-21(13-16)31-12-11-30-20/h1-10,13-15,24H,11-12H2,(H,26,29)/b25-14-. The van der Waals surface area contributed by atoms with E-state index in [4.69, 9.17) is 14.6 Å². The first-order chi connectivity index (χ1) is 15.3. The van der Waals surface area contributed by atoms with Crippen molar-refractivity contribution in [3.8, 4) is 28.4 Å². The predicted octanol–water partition coefficient (Wildman–Crippen LogP) is 3.40. The third-order valence-corrected chi connectivity index (χ3v) is 4.79. The molecule has 0 aliphatic carbocycles. The minimum absolute atomic E-state index is 0.322. The summed E-state index contributed by atoms with van der Waals surface area (Å²) in [4.78, 5) is 15.0. The minimum atomic E-state index is -0.322. The van der Waals surface area contributed by atoms with E-state index >= 15 is 0 Å². The van der Waals surface area contributed by atoms with Gasteiger partial charge in [-0.1, -0.05) is 18.2 Å². The molecule has 5 rings (SSSR count). The van der Waals surface area contributed by atoms with Gasteiger partial charge in [-0.15, -0.1) is 0 Å². The highest BCUT2D eigenvalue weighted by atomic mass is 16.6. The number of ether oxygens (including phenoxy) is 2. The normalized spacial score (nSPS) is 12.8. The van der Waals surface area contributed by atoms with Gasteiger partial charge in [-0.25, -0.2) is 10.1 Å². The van der Waals surface area contributed by atoms with Crippen molar-refractivity contribution in [3.05, 3.63) is 84.3 Å². The number of aromatic nitrogens is 3. The summed E-state index contributed by atoms with van der Waals surface area (Å²) in [6, 6.07) is 18.9. The highest BCUT2D eigenvalue weighted by Gasteiger charge is 2.16. The van der Waals surface area contributed by atoms with Crippen molar-refractivity contribution in [2.75, 3.05) is 13.2 Å². The number of nitrogens with one attached hydrogen (secondary N) is 2. The van der Waals surface area contributed by atoms with Gasteiger partial charge >= 0.3 is 0 Å². The summed E-state index contributed by atoms with van der Waals surface area (Å²) >= 11 is 0. The largest absolute Gasteiger partial charge is 0.486 e. The van der Waals surface area contributed by atoms with E-state index in [9.17, 15) is 4.79 Å². The maximum absolute atomic E-state index is 12.1. The fourth-order valence-corrected chi connectivity index (χ4v) is 3.30. The van der Waals surface area contributed by atoms with Gasteiger partial charge in [0.15, 0.2) is 11.5 Å². The molecule has 4 aromatic rings. The number of nitrogens with zero attached hydrogens (tertiary/aromatic N) is 3. The minimum Gasteiger partial charge on any atom is -0.486 e. The number of fused-ring (bicyclic) bond motifs is 1. The molecule has 154 valence electrons. The molecule has 2 N–H and O–H groups in total. The van der Waals surface area contributed by atoms with Crippen molar-refractivity contribution in [1.29, 1.82) is 0 Å². The van der Waals surface area contributed by atoms with Gasteiger partial charge in [-0.2, -0.15) is 10.2 Å². The Hall–Kier alpha value is -4.33. The Morgan fingerprint density at radius 3 is 2.71 bits per heavy atom. The van der Waals surface area contributed by atoms with E-state index in [0.717, 1.165) is 16.8 Å². The number of rotatable bonds is 5. The molecule has 0 saturated heterocycles. The molecule has 2 aromatic carbocycles. The van der Waals surface area contributed by atoms with E-state index in [1.807, 2.05) is 54.7 Å². The maximum Gasteiger partial charge on any atom is 0.287 e. The van der Waals surface area contributed by atoms with Gasteiger partial charge in [-0.05, 0) is 42.5 Å². The first-order valence-electron chi connectivity index (χ1n) is 9.80. The third-order valence-electron chi connectivity index (χ3n) is 4.79. The van der Waals surface area contributed by atoms with Crippen LogP contribution in [0, 0.1) is 0 Å². The fourth-order valence-electron chi connectivity index (χ4n) is 3.30. The smallest absolute Gasteiger partial charge is 0.287 e. The lowest BCUT2D eigenvalue weighted by atomic mass is 10.1. The van der Waals surface area contributed by atoms with E-state index in [-0.39, 0.29) is 5.91 Å². The topological polar surface area (TPSA) is 93.5 Å². The van der Waals surface area contributed by atoms with Crippen LogP contribution in [0.1, 0.15) is 16.1 Å². The van der Waals surface area contributed by atoms with Crippen LogP contribution in [0.5, 0.6) is 11.5 Å². The average molecular weight is 413 g/mol. The summed E-state index contributed by atoms with van der Waals surface area (Å²) in [7, 11) is 0. The average Bonchev–Trinajstić information content (AvgIpc) is 3.50. The zero-order valence-electron chi connectivity index (χ0n) is 16.5. The highest BCUT2D eigenvalue weighted by Crippen LogP contribution is 2.35. The van der Waals surface area contributed by atoms with Crippen LogP contribution in [0.25, 0.3) is 16.9 Å². The van der Waals surface area contributed by atoms with Crippen molar-refractivity contribution >= 4 is 12.1 Å². The molecular weight excluding hydrogens is 394 g/mol. The maximum atomic E-state index is 12.1. The van der Waals surface area contributed by atoms with Gasteiger partial charge in [0.1, 0.15) is 24.6 Å². The van der Waals surface area contributed by atoms with Crippen molar-refractivity contribution in [2.45, 2.75) is 0 Å². The molecule has 2 aromatic heterocycles. The molecule has 1 amide bonds. The first-order valence-corrected chi connectivity index (χ1v) is 9.80. The summed E-state index contributed by atoms with van der Waals surface area (Å²) in [6.45, 7) is 1.04. The molecule has 0 radical (unpaired) electrons. The number of hydrazone groups is 1. The molecule has 1 aliphatic heterocycles. The van der Waals surface area contributed by atoms with Crippen LogP contribution in [0.15, 0.2) is 78.2 Å². The lowest BCUT2D eigenvalue weighted by Gasteiger charge is -2.18. The van der Waals surface area contributed by atoms with Gasteiger partial charge in [0, 0.05) is 23.5 Å². The quantitative estimate of drug-likeness (QED) is 0.387. The Morgan fingerprint density at radius 1 is 1.06 bits per heavy atom. The van der Waals surface area contributed by atoms with Crippen molar-refractivity contribution in [3.63, 3.8) is 0 Å². The molecule has 0 saturated carbocycles. The van der Waals surface area contributed by atoms with Gasteiger partial charge in [0.25, 0.3) is 5.91 Å². The van der Waals surface area contributed by atoms with Gasteiger partial charge < -0.3 is 14.5 Å². The molecule has 0 atom stereocenters. The number of para-hydroxylation sites is 1. The van der Waals surface area contributed by atoms with E-state index in [1.54, 1.807) is 29.2 Å². The Balaban J connectivity index is 1.49. The molecule has 8 nitrogen and oxygen atoms in total. The second-order valence-electron chi connectivity index (χ2n) is 6.85. The number of carbonyl (C=O) groups excluding carboxylic acids is 1. The molecule has 3 heterocycles. The van der Waals surface area contributed by atoms with Crippen LogP contribution in [0.4, 0.5) is 0 Å².